The minimum Gasteiger partial charge on any atom is -0.399 e. The zero-order valence-corrected chi connectivity index (χ0v) is 10.5. The van der Waals surface area contributed by atoms with Gasteiger partial charge in [0.15, 0.2) is 0 Å². The second kappa shape index (κ2) is 4.73. The van der Waals surface area contributed by atoms with Crippen molar-refractivity contribution in [2.75, 3.05) is 19.5 Å². The van der Waals surface area contributed by atoms with Crippen LogP contribution < -0.4 is 5.73 Å². The fourth-order valence-electron chi connectivity index (χ4n) is 2.08. The van der Waals surface area contributed by atoms with Gasteiger partial charge in [-0.1, -0.05) is 0 Å². The number of fused-ring (bicyclic) bond motifs is 1. The van der Waals surface area contributed by atoms with Crippen LogP contribution in [0.4, 0.5) is 18.9 Å². The van der Waals surface area contributed by atoms with Crippen molar-refractivity contribution in [3.63, 3.8) is 0 Å². The van der Waals surface area contributed by atoms with E-state index in [1.807, 2.05) is 0 Å². The highest BCUT2D eigenvalue weighted by atomic mass is 19.4. The zero-order valence-electron chi connectivity index (χ0n) is 10.5. The van der Waals surface area contributed by atoms with Gasteiger partial charge in [0.25, 0.3) is 0 Å². The number of halogens is 3. The van der Waals surface area contributed by atoms with Gasteiger partial charge in [-0.3, -0.25) is 0 Å². The van der Waals surface area contributed by atoms with Gasteiger partial charge in [0, 0.05) is 12.8 Å². The Kier molecular flexibility index (Phi) is 3.40. The Balaban J connectivity index is 2.68. The Hall–Kier alpha value is -1.76. The molecule has 0 aliphatic rings. The molecule has 7 heteroatoms. The molecule has 1 heterocycles. The number of nitrogens with two attached hydrogens (primary N) is 1. The molecule has 104 valence electrons. The van der Waals surface area contributed by atoms with E-state index in [1.54, 1.807) is 19.1 Å². The average Bonchev–Trinajstić information content (AvgIpc) is 2.67. The lowest BCUT2D eigenvalue weighted by Gasteiger charge is -2.17. The molecule has 2 rings (SSSR count). The number of aromatic nitrogens is 2. The Morgan fingerprint density at radius 2 is 2.11 bits per heavy atom. The fraction of sp³-hybridized carbons (Fsp3) is 0.417. The first kappa shape index (κ1) is 13.7. The van der Waals surface area contributed by atoms with Crippen LogP contribution in [0.3, 0.4) is 0 Å². The molecule has 2 aromatic rings. The summed E-state index contributed by atoms with van der Waals surface area (Å²) in [4.78, 5) is 3.65. The third-order valence-electron chi connectivity index (χ3n) is 2.82. The fourth-order valence-corrected chi connectivity index (χ4v) is 2.08. The van der Waals surface area contributed by atoms with Crippen LogP contribution in [-0.4, -0.2) is 23.3 Å². The number of imidazole rings is 1. The maximum Gasteiger partial charge on any atom is 0.449 e. The van der Waals surface area contributed by atoms with Gasteiger partial charge in [-0.2, -0.15) is 13.2 Å². The number of ether oxygens (including phenoxy) is 1. The SMILES string of the molecule is COC[C@H](C)n1c(C(F)(F)F)nc2cc(N)ccc21. The molecule has 0 unspecified atom stereocenters. The molecule has 0 aliphatic carbocycles. The summed E-state index contributed by atoms with van der Waals surface area (Å²) in [6.07, 6.45) is -4.52. The van der Waals surface area contributed by atoms with E-state index in [0.29, 0.717) is 11.2 Å². The van der Waals surface area contributed by atoms with E-state index < -0.39 is 18.0 Å². The minimum atomic E-state index is -4.52. The Morgan fingerprint density at radius 1 is 1.42 bits per heavy atom. The van der Waals surface area contributed by atoms with E-state index in [-0.39, 0.29) is 12.1 Å². The van der Waals surface area contributed by atoms with Crippen molar-refractivity contribution in [1.29, 1.82) is 0 Å². The zero-order chi connectivity index (χ0) is 14.2. The molecular formula is C12H14F3N3O. The number of anilines is 1. The van der Waals surface area contributed by atoms with E-state index in [2.05, 4.69) is 4.98 Å². The molecule has 2 N–H and O–H groups in total. The third kappa shape index (κ3) is 2.51. The molecule has 1 atom stereocenters. The minimum absolute atomic E-state index is 0.166. The normalized spacial score (nSPS) is 13.9. The molecule has 0 amide bonds. The van der Waals surface area contributed by atoms with Crippen LogP contribution >= 0.6 is 0 Å². The molecule has 0 aliphatic heterocycles. The quantitative estimate of drug-likeness (QED) is 0.875. The lowest BCUT2D eigenvalue weighted by molar-refractivity contribution is -0.147. The van der Waals surface area contributed by atoms with Crippen molar-refractivity contribution >= 4 is 16.7 Å². The first-order valence-electron chi connectivity index (χ1n) is 5.68. The number of nitrogens with zero attached hydrogens (tertiary/aromatic N) is 2. The monoisotopic (exact) mass is 273 g/mol. The summed E-state index contributed by atoms with van der Waals surface area (Å²) < 4.78 is 45.2. The highest BCUT2D eigenvalue weighted by Gasteiger charge is 2.38. The summed E-state index contributed by atoms with van der Waals surface area (Å²) >= 11 is 0. The lowest BCUT2D eigenvalue weighted by atomic mass is 10.2. The summed E-state index contributed by atoms with van der Waals surface area (Å²) in [6, 6.07) is 4.05. The third-order valence-corrected chi connectivity index (χ3v) is 2.82. The van der Waals surface area contributed by atoms with Gasteiger partial charge in [-0.25, -0.2) is 4.98 Å². The van der Waals surface area contributed by atoms with E-state index in [1.165, 1.54) is 13.2 Å². The molecule has 0 bridgehead atoms. The van der Waals surface area contributed by atoms with Crippen molar-refractivity contribution in [3.05, 3.63) is 24.0 Å². The summed E-state index contributed by atoms with van der Waals surface area (Å²) in [5, 5.41) is 0. The molecular weight excluding hydrogens is 259 g/mol. The number of rotatable bonds is 3. The largest absolute Gasteiger partial charge is 0.449 e. The van der Waals surface area contributed by atoms with Crippen LogP contribution in [0.1, 0.15) is 18.8 Å². The molecule has 1 aromatic heterocycles. The van der Waals surface area contributed by atoms with Crippen LogP contribution in [0, 0.1) is 0 Å². The Morgan fingerprint density at radius 3 is 2.68 bits per heavy atom. The predicted octanol–water partition coefficient (Wildman–Crippen LogP) is 2.84. The Labute approximate surface area is 108 Å². The second-order valence-electron chi connectivity index (χ2n) is 4.36. The van der Waals surface area contributed by atoms with Crippen LogP contribution in [0.2, 0.25) is 0 Å². The summed E-state index contributed by atoms with van der Waals surface area (Å²) in [5.41, 5.74) is 6.58. The molecule has 0 radical (unpaired) electrons. The van der Waals surface area contributed by atoms with Crippen molar-refractivity contribution < 1.29 is 17.9 Å². The van der Waals surface area contributed by atoms with E-state index >= 15 is 0 Å². The molecule has 1 aromatic carbocycles. The topological polar surface area (TPSA) is 53.1 Å². The molecule has 0 spiro atoms. The van der Waals surface area contributed by atoms with Crippen LogP contribution in [0.15, 0.2) is 18.2 Å². The van der Waals surface area contributed by atoms with Crippen molar-refractivity contribution in [3.8, 4) is 0 Å². The number of methoxy groups -OCH3 is 1. The first-order chi connectivity index (χ1) is 8.84. The number of hydrogen-bond donors (Lipinski definition) is 1. The summed E-state index contributed by atoms with van der Waals surface area (Å²) in [6.45, 7) is 1.81. The van der Waals surface area contributed by atoms with Crippen molar-refractivity contribution in [2.45, 2.75) is 19.1 Å². The smallest absolute Gasteiger partial charge is 0.399 e. The highest BCUT2D eigenvalue weighted by molar-refractivity contribution is 5.80. The molecule has 19 heavy (non-hydrogen) atoms. The molecule has 0 saturated carbocycles. The predicted molar refractivity (Wildman–Crippen MR) is 65.7 cm³/mol. The lowest BCUT2D eigenvalue weighted by Crippen LogP contribution is -2.20. The van der Waals surface area contributed by atoms with E-state index in [0.717, 1.165) is 4.57 Å². The average molecular weight is 273 g/mol. The maximum absolute atomic E-state index is 13.0. The number of nitrogen functional groups attached to an aromatic ring is 1. The van der Waals surface area contributed by atoms with Gasteiger partial charge in [-0.05, 0) is 25.1 Å². The highest BCUT2D eigenvalue weighted by Crippen LogP contribution is 2.34. The number of benzene rings is 1. The van der Waals surface area contributed by atoms with Gasteiger partial charge in [-0.15, -0.1) is 0 Å². The van der Waals surface area contributed by atoms with Crippen molar-refractivity contribution in [2.24, 2.45) is 0 Å². The van der Waals surface area contributed by atoms with Crippen molar-refractivity contribution in [1.82, 2.24) is 9.55 Å². The number of hydrogen-bond acceptors (Lipinski definition) is 3. The van der Waals surface area contributed by atoms with Crippen LogP contribution in [0.5, 0.6) is 0 Å². The van der Waals surface area contributed by atoms with Gasteiger partial charge in [0.05, 0.1) is 23.7 Å². The molecule has 0 fully saturated rings. The molecule has 4 nitrogen and oxygen atoms in total. The summed E-state index contributed by atoms with van der Waals surface area (Å²) in [5.74, 6) is -0.933. The van der Waals surface area contributed by atoms with Gasteiger partial charge in [0.2, 0.25) is 5.82 Å². The maximum atomic E-state index is 13.0. The molecule has 0 saturated heterocycles. The van der Waals surface area contributed by atoms with Gasteiger partial charge in [0.1, 0.15) is 0 Å². The summed E-state index contributed by atoms with van der Waals surface area (Å²) in [7, 11) is 1.45. The Bertz CT molecular complexity index is 592. The van der Waals surface area contributed by atoms with Crippen LogP contribution in [-0.2, 0) is 10.9 Å². The first-order valence-corrected chi connectivity index (χ1v) is 5.68. The number of alkyl halides is 3. The second-order valence-corrected chi connectivity index (χ2v) is 4.36. The van der Waals surface area contributed by atoms with Gasteiger partial charge >= 0.3 is 6.18 Å². The van der Waals surface area contributed by atoms with E-state index in [4.69, 9.17) is 10.5 Å². The van der Waals surface area contributed by atoms with Crippen LogP contribution in [0.25, 0.3) is 11.0 Å². The van der Waals surface area contributed by atoms with Gasteiger partial charge < -0.3 is 15.0 Å². The standard InChI is InChI=1S/C12H14F3N3O/c1-7(6-19-2)18-10-4-3-8(16)5-9(10)17-11(18)12(13,14)15/h3-5,7H,6,16H2,1-2H3/t7-/m0/s1. The van der Waals surface area contributed by atoms with E-state index in [9.17, 15) is 13.2 Å².